The largest absolute Gasteiger partial charge is 0.487 e. The lowest BCUT2D eigenvalue weighted by atomic mass is 10.1. The molecule has 162 valence electrons. The van der Waals surface area contributed by atoms with Crippen molar-refractivity contribution in [2.45, 2.75) is 18.9 Å². The molecule has 1 fully saturated rings. The number of carbonyl (C=O) groups excluding carboxylic acids is 1. The lowest BCUT2D eigenvalue weighted by molar-refractivity contribution is -0.0964. The molecular formula is C19H18ClF2N7O2. The van der Waals surface area contributed by atoms with Crippen LogP contribution in [0.25, 0.3) is 11.4 Å². The summed E-state index contributed by atoms with van der Waals surface area (Å²) in [4.78, 5) is 19.4. The van der Waals surface area contributed by atoms with Crippen molar-refractivity contribution in [1.29, 1.82) is 0 Å². The average molecular weight is 450 g/mol. The minimum absolute atomic E-state index is 0.136. The van der Waals surface area contributed by atoms with Crippen molar-refractivity contribution in [3.05, 3.63) is 42.1 Å². The van der Waals surface area contributed by atoms with E-state index in [0.717, 1.165) is 19.5 Å². The van der Waals surface area contributed by atoms with Crippen LogP contribution in [0.1, 0.15) is 23.7 Å². The first-order valence-electron chi connectivity index (χ1n) is 9.44. The van der Waals surface area contributed by atoms with Crippen molar-refractivity contribution in [3.8, 4) is 17.1 Å². The monoisotopic (exact) mass is 449 g/mol. The topological polar surface area (TPSA) is 109 Å². The zero-order valence-corrected chi connectivity index (χ0v) is 17.1. The van der Waals surface area contributed by atoms with Gasteiger partial charge >= 0.3 is 5.57 Å². The van der Waals surface area contributed by atoms with Gasteiger partial charge in [0.05, 0.1) is 11.1 Å². The number of halogens is 3. The molecule has 0 radical (unpaired) electrons. The second-order valence-electron chi connectivity index (χ2n) is 7.20. The molecule has 31 heavy (non-hydrogen) atoms. The Morgan fingerprint density at radius 3 is 2.74 bits per heavy atom. The molecule has 1 aromatic carbocycles. The summed E-state index contributed by atoms with van der Waals surface area (Å²) in [5.74, 6) is 0.984. The van der Waals surface area contributed by atoms with Gasteiger partial charge in [0.25, 0.3) is 5.91 Å². The Kier molecular flexibility index (Phi) is 5.68. The van der Waals surface area contributed by atoms with Gasteiger partial charge in [-0.1, -0.05) is 6.92 Å². The van der Waals surface area contributed by atoms with Gasteiger partial charge < -0.3 is 15.0 Å². The summed E-state index contributed by atoms with van der Waals surface area (Å²) in [7, 11) is 0. The molecule has 4 rings (SSSR count). The van der Waals surface area contributed by atoms with Crippen molar-refractivity contribution in [2.75, 3.05) is 23.3 Å². The predicted molar refractivity (Wildman–Crippen MR) is 109 cm³/mol. The highest BCUT2D eigenvalue weighted by Gasteiger charge is 2.28. The number of tetrazole rings is 1. The van der Waals surface area contributed by atoms with Crippen LogP contribution in [0.15, 0.2) is 36.5 Å². The Labute approximate surface area is 180 Å². The summed E-state index contributed by atoms with van der Waals surface area (Å²) in [5.41, 5.74) is -2.56. The van der Waals surface area contributed by atoms with E-state index in [1.165, 1.54) is 30.5 Å². The fraction of sp³-hybridized carbons (Fsp3) is 0.316. The summed E-state index contributed by atoms with van der Waals surface area (Å²) in [6.07, 6.45) is 2.52. The summed E-state index contributed by atoms with van der Waals surface area (Å²) in [6.45, 7) is 3.86. The number of H-pyrrole nitrogens is 1. The average Bonchev–Trinajstić information content (AvgIpc) is 3.40. The first kappa shape index (κ1) is 20.9. The van der Waals surface area contributed by atoms with Crippen molar-refractivity contribution in [2.24, 2.45) is 5.92 Å². The summed E-state index contributed by atoms with van der Waals surface area (Å²) in [5, 5.41) is 16.8. The number of nitrogens with one attached hydrogen (secondary N) is 2. The molecule has 0 saturated carbocycles. The molecule has 3 heterocycles. The van der Waals surface area contributed by atoms with E-state index in [9.17, 15) is 13.6 Å². The highest BCUT2D eigenvalue weighted by Crippen LogP contribution is 2.31. The molecule has 1 amide bonds. The molecule has 9 nitrogen and oxygen atoms in total. The molecule has 0 aliphatic carbocycles. The molecule has 3 aromatic rings. The van der Waals surface area contributed by atoms with Crippen molar-refractivity contribution in [3.63, 3.8) is 0 Å². The van der Waals surface area contributed by atoms with Crippen LogP contribution < -0.4 is 15.0 Å². The normalized spacial score (nSPS) is 16.4. The standard InChI is InChI=1S/C19H18ClF2N7O2/c1-11-6-7-29(10-11)17-15(16-25-27-28-26-16)8-12(9-23-17)18(30)24-13-2-4-14(5-3-13)31-19(20,21)22/h2-5,8-9,11H,6-7,10H2,1H3,(H,24,30)(H,25,26,27,28)/t11-/m1/s1. The van der Waals surface area contributed by atoms with E-state index >= 15 is 0 Å². The maximum Gasteiger partial charge on any atom is 0.487 e. The van der Waals surface area contributed by atoms with E-state index in [1.54, 1.807) is 6.07 Å². The number of anilines is 2. The molecule has 12 heteroatoms. The van der Waals surface area contributed by atoms with Gasteiger partial charge in [0, 0.05) is 36.6 Å². The highest BCUT2D eigenvalue weighted by atomic mass is 35.5. The number of aromatic nitrogens is 5. The second kappa shape index (κ2) is 8.42. The van der Waals surface area contributed by atoms with Gasteiger partial charge in [0.15, 0.2) is 0 Å². The molecule has 1 aliphatic rings. The Morgan fingerprint density at radius 2 is 2.13 bits per heavy atom. The van der Waals surface area contributed by atoms with Crippen molar-refractivity contribution < 1.29 is 18.3 Å². The van der Waals surface area contributed by atoms with Crippen LogP contribution in [0.3, 0.4) is 0 Å². The van der Waals surface area contributed by atoms with Gasteiger partial charge in [0.1, 0.15) is 11.6 Å². The number of aromatic amines is 1. The zero-order valence-electron chi connectivity index (χ0n) is 16.3. The summed E-state index contributed by atoms with van der Waals surface area (Å²) < 4.78 is 29.7. The number of hydrogen-bond acceptors (Lipinski definition) is 7. The maximum absolute atomic E-state index is 12.7. The molecule has 2 aromatic heterocycles. The van der Waals surface area contributed by atoms with Crippen molar-refractivity contribution >= 4 is 29.0 Å². The van der Waals surface area contributed by atoms with Crippen LogP contribution in [0, 0.1) is 5.92 Å². The maximum atomic E-state index is 12.7. The van der Waals surface area contributed by atoms with E-state index in [0.29, 0.717) is 28.8 Å². The quantitative estimate of drug-likeness (QED) is 0.554. The van der Waals surface area contributed by atoms with Crippen LogP contribution in [0.2, 0.25) is 0 Å². The molecule has 0 bridgehead atoms. The van der Waals surface area contributed by atoms with Crippen LogP contribution >= 0.6 is 11.6 Å². The number of rotatable bonds is 6. The summed E-state index contributed by atoms with van der Waals surface area (Å²) >= 11 is 4.74. The van der Waals surface area contributed by atoms with E-state index < -0.39 is 11.5 Å². The molecule has 0 spiro atoms. The molecule has 1 aliphatic heterocycles. The third kappa shape index (κ3) is 5.05. The zero-order chi connectivity index (χ0) is 22.0. The number of hydrogen-bond donors (Lipinski definition) is 2. The lowest BCUT2D eigenvalue weighted by Gasteiger charge is -2.20. The highest BCUT2D eigenvalue weighted by molar-refractivity contribution is 6.20. The third-order valence-corrected chi connectivity index (χ3v) is 4.86. The third-order valence-electron chi connectivity index (χ3n) is 4.78. The molecule has 2 N–H and O–H groups in total. The number of amides is 1. The molecular weight excluding hydrogens is 432 g/mol. The SMILES string of the molecule is C[C@@H]1CCN(c2ncc(C(=O)Nc3ccc(OC(F)(F)Cl)cc3)cc2-c2nn[nH]n2)C1. The lowest BCUT2D eigenvalue weighted by Crippen LogP contribution is -2.22. The molecule has 0 unspecified atom stereocenters. The molecule has 1 saturated heterocycles. The number of nitrogens with zero attached hydrogens (tertiary/aromatic N) is 5. The smallest absolute Gasteiger partial charge is 0.420 e. The Balaban J connectivity index is 1.55. The van der Waals surface area contributed by atoms with Gasteiger partial charge in [-0.05, 0) is 47.9 Å². The minimum atomic E-state index is -3.81. The fourth-order valence-electron chi connectivity index (χ4n) is 3.34. The molecule has 1 atom stereocenters. The van der Waals surface area contributed by atoms with Gasteiger partial charge in [-0.25, -0.2) is 4.98 Å². The van der Waals surface area contributed by atoms with Crippen LogP contribution in [-0.2, 0) is 0 Å². The Morgan fingerprint density at radius 1 is 1.35 bits per heavy atom. The Hall–Kier alpha value is -3.34. The van der Waals surface area contributed by atoms with E-state index in [1.807, 2.05) is 0 Å². The van der Waals surface area contributed by atoms with Gasteiger partial charge in [-0.15, -0.1) is 19.0 Å². The van der Waals surface area contributed by atoms with Crippen LogP contribution in [-0.4, -0.2) is 50.2 Å². The van der Waals surface area contributed by atoms with Crippen molar-refractivity contribution in [1.82, 2.24) is 25.6 Å². The fourth-order valence-corrected chi connectivity index (χ4v) is 3.43. The van der Waals surface area contributed by atoms with Gasteiger partial charge in [-0.2, -0.15) is 5.21 Å². The predicted octanol–water partition coefficient (Wildman–Crippen LogP) is 3.53. The number of pyridine rings is 1. The van der Waals surface area contributed by atoms with Crippen LogP contribution in [0.5, 0.6) is 5.75 Å². The minimum Gasteiger partial charge on any atom is -0.420 e. The first-order valence-corrected chi connectivity index (χ1v) is 9.82. The number of benzene rings is 1. The number of carbonyl (C=O) groups is 1. The van der Waals surface area contributed by atoms with E-state index in [4.69, 9.17) is 11.6 Å². The second-order valence-corrected chi connectivity index (χ2v) is 7.64. The Bertz CT molecular complexity index is 1060. The van der Waals surface area contributed by atoms with Crippen LogP contribution in [0.4, 0.5) is 20.3 Å². The van der Waals surface area contributed by atoms with Gasteiger partial charge in [0.2, 0.25) is 5.82 Å². The van der Waals surface area contributed by atoms with E-state index in [2.05, 4.69) is 47.5 Å². The number of alkyl halides is 3. The first-order chi connectivity index (χ1) is 14.8. The van der Waals surface area contributed by atoms with E-state index in [-0.39, 0.29) is 11.3 Å². The van der Waals surface area contributed by atoms with Gasteiger partial charge in [-0.3, -0.25) is 4.79 Å². The summed E-state index contributed by atoms with van der Waals surface area (Å²) in [6, 6.07) is 7.03. The number of ether oxygens (including phenoxy) is 1.